The maximum atomic E-state index is 9.12. The first-order valence-electron chi connectivity index (χ1n) is 5.15. The van der Waals surface area contributed by atoms with E-state index in [1.807, 2.05) is 23.9 Å². The van der Waals surface area contributed by atoms with Crippen molar-refractivity contribution in [1.29, 1.82) is 0 Å². The van der Waals surface area contributed by atoms with Gasteiger partial charge >= 0.3 is 0 Å². The largest absolute Gasteiger partial charge is 0.508 e. The van der Waals surface area contributed by atoms with Crippen LogP contribution in [-0.2, 0) is 4.79 Å². The molecule has 0 aliphatic heterocycles. The number of thioether (sulfide) groups is 1. The fraction of sp³-hybridized carbons (Fsp3) is 0.417. The van der Waals surface area contributed by atoms with Crippen molar-refractivity contribution in [2.75, 3.05) is 0 Å². The van der Waals surface area contributed by atoms with E-state index < -0.39 is 0 Å². The molecule has 1 aliphatic carbocycles. The highest BCUT2D eigenvalue weighted by molar-refractivity contribution is 8.00. The van der Waals surface area contributed by atoms with Gasteiger partial charge in [0.15, 0.2) is 0 Å². The number of phenols is 1. The summed E-state index contributed by atoms with van der Waals surface area (Å²) in [5.41, 5.74) is 0. The highest BCUT2D eigenvalue weighted by atomic mass is 32.2. The van der Waals surface area contributed by atoms with Crippen LogP contribution in [0.25, 0.3) is 0 Å². The molecule has 0 saturated heterocycles. The molecule has 1 fully saturated rings. The third-order valence-corrected chi connectivity index (χ3v) is 4.02. The number of aromatic hydroxyl groups is 1. The van der Waals surface area contributed by atoms with Crippen LogP contribution in [0, 0.1) is 0 Å². The summed E-state index contributed by atoms with van der Waals surface area (Å²) < 4.78 is 0.455. The van der Waals surface area contributed by atoms with E-state index in [4.69, 9.17) is 15.0 Å². The maximum absolute atomic E-state index is 9.12. The van der Waals surface area contributed by atoms with Crippen LogP contribution < -0.4 is 0 Å². The van der Waals surface area contributed by atoms with Crippen LogP contribution in [0.3, 0.4) is 0 Å². The third-order valence-electron chi connectivity index (χ3n) is 2.61. The van der Waals surface area contributed by atoms with Crippen molar-refractivity contribution in [3.63, 3.8) is 0 Å². The molecule has 0 atom stereocenters. The van der Waals surface area contributed by atoms with E-state index in [9.17, 15) is 0 Å². The van der Waals surface area contributed by atoms with E-state index in [1.165, 1.54) is 24.2 Å². The number of hydrogen-bond acceptors (Lipinski definition) is 3. The van der Waals surface area contributed by atoms with Crippen molar-refractivity contribution in [2.45, 2.75) is 35.8 Å². The average Bonchev–Trinajstić information content (AvgIpc) is 2.20. The minimum Gasteiger partial charge on any atom is -0.508 e. The van der Waals surface area contributed by atoms with Gasteiger partial charge in [-0.15, -0.1) is 11.8 Å². The second-order valence-electron chi connectivity index (χ2n) is 4.00. The zero-order valence-corrected chi connectivity index (χ0v) is 10.0. The Morgan fingerprint density at radius 1 is 1.31 bits per heavy atom. The number of carbonyl (C=O) groups is 1. The average molecular weight is 240 g/mol. The molecule has 3 nitrogen and oxygen atoms in total. The molecule has 1 aliphatic rings. The Hall–Kier alpha value is -1.16. The Balaban J connectivity index is 0.000000386. The molecule has 2 rings (SSSR count). The first kappa shape index (κ1) is 12.9. The Morgan fingerprint density at radius 2 is 1.81 bits per heavy atom. The van der Waals surface area contributed by atoms with Gasteiger partial charge in [-0.25, -0.2) is 0 Å². The van der Waals surface area contributed by atoms with Crippen LogP contribution >= 0.6 is 11.8 Å². The molecule has 16 heavy (non-hydrogen) atoms. The second kappa shape index (κ2) is 5.80. The molecule has 1 aromatic rings. The molecule has 0 amide bonds. The number of benzene rings is 1. The molecule has 0 unspecified atom stereocenters. The van der Waals surface area contributed by atoms with Crippen molar-refractivity contribution in [1.82, 2.24) is 0 Å². The van der Waals surface area contributed by atoms with Gasteiger partial charge in [-0.2, -0.15) is 0 Å². The summed E-state index contributed by atoms with van der Waals surface area (Å²) in [7, 11) is 0. The van der Waals surface area contributed by atoms with E-state index in [-0.39, 0.29) is 6.47 Å². The zero-order chi connectivity index (χ0) is 12.0. The molecule has 0 spiro atoms. The standard InChI is InChI=1S/C11H14OS.CH2O2/c1-11(7-2-8-11)13-10-5-3-9(12)4-6-10;2-1-3/h3-6,12H,2,7-8H2,1H3;1H,(H,2,3). The summed E-state index contributed by atoms with van der Waals surface area (Å²) in [5, 5.41) is 16.0. The van der Waals surface area contributed by atoms with E-state index in [2.05, 4.69) is 6.92 Å². The van der Waals surface area contributed by atoms with Crippen molar-refractivity contribution in [3.05, 3.63) is 24.3 Å². The van der Waals surface area contributed by atoms with E-state index in [0.717, 1.165) is 0 Å². The van der Waals surface area contributed by atoms with E-state index >= 15 is 0 Å². The molecule has 0 heterocycles. The summed E-state index contributed by atoms with van der Waals surface area (Å²) in [6.45, 7) is 2.06. The molecular weight excluding hydrogens is 224 g/mol. The van der Waals surface area contributed by atoms with Gasteiger partial charge in [0.05, 0.1) is 0 Å². The van der Waals surface area contributed by atoms with Crippen molar-refractivity contribution in [2.24, 2.45) is 0 Å². The molecule has 0 bridgehead atoms. The SMILES string of the molecule is CC1(Sc2ccc(O)cc2)CCC1.O=CO. The topological polar surface area (TPSA) is 57.5 Å². The maximum Gasteiger partial charge on any atom is 0.290 e. The molecule has 2 N–H and O–H groups in total. The van der Waals surface area contributed by atoms with Gasteiger partial charge in [0.25, 0.3) is 6.47 Å². The molecule has 88 valence electrons. The van der Waals surface area contributed by atoms with Gasteiger partial charge in [-0.05, 0) is 37.1 Å². The molecular formula is C12H16O3S. The van der Waals surface area contributed by atoms with Crippen LogP contribution in [0.15, 0.2) is 29.2 Å². The third kappa shape index (κ3) is 3.77. The highest BCUT2D eigenvalue weighted by Gasteiger charge is 2.32. The van der Waals surface area contributed by atoms with Gasteiger partial charge in [-0.1, -0.05) is 13.3 Å². The lowest BCUT2D eigenvalue weighted by Crippen LogP contribution is -2.28. The quantitative estimate of drug-likeness (QED) is 0.780. The van der Waals surface area contributed by atoms with Crippen molar-refractivity contribution >= 4 is 18.2 Å². The zero-order valence-electron chi connectivity index (χ0n) is 9.22. The number of carboxylic acid groups (broad SMARTS) is 1. The van der Waals surface area contributed by atoms with Crippen molar-refractivity contribution < 1.29 is 15.0 Å². The number of phenolic OH excluding ortho intramolecular Hbond substituents is 1. The molecule has 1 saturated carbocycles. The normalized spacial score (nSPS) is 16.6. The van der Waals surface area contributed by atoms with Crippen molar-refractivity contribution in [3.8, 4) is 5.75 Å². The summed E-state index contributed by atoms with van der Waals surface area (Å²) in [6, 6.07) is 7.49. The van der Waals surface area contributed by atoms with E-state index in [1.54, 1.807) is 12.1 Å². The Morgan fingerprint density at radius 3 is 2.19 bits per heavy atom. The number of hydrogen-bond donors (Lipinski definition) is 2. The lowest BCUT2D eigenvalue weighted by Gasteiger charge is -2.37. The monoisotopic (exact) mass is 240 g/mol. The van der Waals surface area contributed by atoms with Crippen LogP contribution in [-0.4, -0.2) is 21.4 Å². The van der Waals surface area contributed by atoms with Crippen LogP contribution in [0.2, 0.25) is 0 Å². The first-order valence-corrected chi connectivity index (χ1v) is 5.97. The van der Waals surface area contributed by atoms with Crippen LogP contribution in [0.1, 0.15) is 26.2 Å². The predicted octanol–water partition coefficient (Wildman–Crippen LogP) is 3.13. The Kier molecular flexibility index (Phi) is 4.68. The minimum absolute atomic E-state index is 0.250. The van der Waals surface area contributed by atoms with Crippen LogP contribution in [0.4, 0.5) is 0 Å². The lowest BCUT2D eigenvalue weighted by molar-refractivity contribution is -0.122. The molecule has 0 radical (unpaired) electrons. The summed E-state index contributed by atoms with van der Waals surface area (Å²) in [6.07, 6.45) is 4.00. The lowest BCUT2D eigenvalue weighted by atomic mass is 9.86. The minimum atomic E-state index is -0.250. The summed E-state index contributed by atoms with van der Waals surface area (Å²) >= 11 is 1.93. The van der Waals surface area contributed by atoms with Gasteiger partial charge < -0.3 is 10.2 Å². The van der Waals surface area contributed by atoms with Gasteiger partial charge in [0.1, 0.15) is 5.75 Å². The van der Waals surface area contributed by atoms with Crippen LogP contribution in [0.5, 0.6) is 5.75 Å². The first-order chi connectivity index (χ1) is 7.59. The van der Waals surface area contributed by atoms with Gasteiger partial charge in [-0.3, -0.25) is 4.79 Å². The van der Waals surface area contributed by atoms with E-state index in [0.29, 0.717) is 10.5 Å². The van der Waals surface area contributed by atoms with Gasteiger partial charge in [0, 0.05) is 9.64 Å². The summed E-state index contributed by atoms with van der Waals surface area (Å²) in [4.78, 5) is 9.62. The number of rotatable bonds is 2. The second-order valence-corrected chi connectivity index (χ2v) is 5.67. The molecule has 1 aromatic carbocycles. The summed E-state index contributed by atoms with van der Waals surface area (Å²) in [5.74, 6) is 0.350. The fourth-order valence-electron chi connectivity index (χ4n) is 1.58. The molecule has 0 aromatic heterocycles. The highest BCUT2D eigenvalue weighted by Crippen LogP contribution is 2.47. The fourth-order valence-corrected chi connectivity index (χ4v) is 2.91. The Labute approximate surface area is 99.5 Å². The predicted molar refractivity (Wildman–Crippen MR) is 64.9 cm³/mol. The van der Waals surface area contributed by atoms with Gasteiger partial charge in [0.2, 0.25) is 0 Å². The Bertz CT molecular complexity index is 331. The molecule has 4 heteroatoms. The smallest absolute Gasteiger partial charge is 0.290 e.